The van der Waals surface area contributed by atoms with Crippen molar-refractivity contribution in [3.05, 3.63) is 12.7 Å². The van der Waals surface area contributed by atoms with Gasteiger partial charge in [-0.25, -0.2) is 0 Å². The Morgan fingerprint density at radius 2 is 2.14 bits per heavy atom. The largest absolute Gasteiger partial charge is 0.377 e. The van der Waals surface area contributed by atoms with E-state index in [9.17, 15) is 5.11 Å². The van der Waals surface area contributed by atoms with Crippen LogP contribution in [0, 0.1) is 29.6 Å². The molecule has 0 radical (unpaired) electrons. The lowest BCUT2D eigenvalue weighted by Gasteiger charge is -2.49. The van der Waals surface area contributed by atoms with Gasteiger partial charge in [0, 0.05) is 5.41 Å². The van der Waals surface area contributed by atoms with E-state index in [4.69, 9.17) is 6.42 Å². The first kappa shape index (κ1) is 11.3. The molecule has 3 unspecified atom stereocenters. The molecule has 78 valence electrons. The number of hydrogen-bond donors (Lipinski definition) is 1. The summed E-state index contributed by atoms with van der Waals surface area (Å²) in [4.78, 5) is 0. The summed E-state index contributed by atoms with van der Waals surface area (Å²) in [5.41, 5.74) is -1.19. The Morgan fingerprint density at radius 3 is 2.50 bits per heavy atom. The van der Waals surface area contributed by atoms with Crippen LogP contribution in [0.15, 0.2) is 12.7 Å². The fourth-order valence-corrected chi connectivity index (χ4v) is 2.70. The van der Waals surface area contributed by atoms with E-state index in [1.54, 1.807) is 0 Å². The molecule has 1 N–H and O–H groups in total. The lowest BCUT2D eigenvalue weighted by molar-refractivity contribution is -0.0964. The van der Waals surface area contributed by atoms with Crippen molar-refractivity contribution in [2.75, 3.05) is 0 Å². The Balaban J connectivity index is 3.01. The predicted octanol–water partition coefficient (Wildman–Crippen LogP) is 2.61. The van der Waals surface area contributed by atoms with Crippen molar-refractivity contribution in [1.29, 1.82) is 0 Å². The Kier molecular flexibility index (Phi) is 2.78. The van der Waals surface area contributed by atoms with E-state index in [0.717, 1.165) is 12.8 Å². The maximum Gasteiger partial charge on any atom is 0.132 e. The van der Waals surface area contributed by atoms with E-state index >= 15 is 0 Å². The van der Waals surface area contributed by atoms with Gasteiger partial charge in [0.25, 0.3) is 0 Å². The minimum absolute atomic E-state index is 0.138. The van der Waals surface area contributed by atoms with Crippen molar-refractivity contribution < 1.29 is 5.11 Å². The third-order valence-electron chi connectivity index (χ3n) is 3.73. The zero-order valence-electron chi connectivity index (χ0n) is 9.38. The Bertz CT molecular complexity index is 271. The highest BCUT2D eigenvalue weighted by Crippen LogP contribution is 2.49. The molecule has 3 atom stereocenters. The zero-order chi connectivity index (χ0) is 11.0. The molecule has 0 heterocycles. The van der Waals surface area contributed by atoms with E-state index in [-0.39, 0.29) is 11.3 Å². The lowest BCUT2D eigenvalue weighted by Crippen LogP contribution is -2.53. The molecular weight excluding hydrogens is 172 g/mol. The van der Waals surface area contributed by atoms with Crippen LogP contribution >= 0.6 is 0 Å². The summed E-state index contributed by atoms with van der Waals surface area (Å²) in [7, 11) is 0. The van der Waals surface area contributed by atoms with Crippen molar-refractivity contribution in [3.63, 3.8) is 0 Å². The summed E-state index contributed by atoms with van der Waals surface area (Å²) in [5, 5.41) is 10.4. The highest BCUT2D eigenvalue weighted by Gasteiger charge is 2.50. The normalized spacial score (nSPS) is 41.4. The molecule has 1 aliphatic rings. The third-order valence-corrected chi connectivity index (χ3v) is 3.73. The van der Waals surface area contributed by atoms with Crippen LogP contribution in [0.3, 0.4) is 0 Å². The SMILES string of the molecule is C#CC1(O)C(C)CC(C=C)CC1(C)C. The van der Waals surface area contributed by atoms with E-state index in [2.05, 4.69) is 12.5 Å². The molecule has 14 heavy (non-hydrogen) atoms. The Hall–Kier alpha value is -0.740. The number of aliphatic hydroxyl groups is 1. The molecule has 0 spiro atoms. The smallest absolute Gasteiger partial charge is 0.132 e. The van der Waals surface area contributed by atoms with Gasteiger partial charge in [-0.3, -0.25) is 0 Å². The van der Waals surface area contributed by atoms with Crippen LogP contribution in [0.2, 0.25) is 0 Å². The first-order valence-electron chi connectivity index (χ1n) is 5.20. The second-order valence-electron chi connectivity index (χ2n) is 5.13. The van der Waals surface area contributed by atoms with Gasteiger partial charge in [0.1, 0.15) is 5.60 Å². The molecule has 1 heteroatoms. The van der Waals surface area contributed by atoms with E-state index < -0.39 is 5.60 Å². The number of terminal acetylenes is 1. The van der Waals surface area contributed by atoms with Gasteiger partial charge in [0.05, 0.1) is 0 Å². The molecule has 0 aromatic carbocycles. The van der Waals surface area contributed by atoms with Gasteiger partial charge >= 0.3 is 0 Å². The van der Waals surface area contributed by atoms with Gasteiger partial charge in [-0.1, -0.05) is 32.8 Å². The van der Waals surface area contributed by atoms with Gasteiger partial charge in [0.15, 0.2) is 0 Å². The monoisotopic (exact) mass is 192 g/mol. The van der Waals surface area contributed by atoms with Crippen LogP contribution in [0.4, 0.5) is 0 Å². The number of rotatable bonds is 1. The van der Waals surface area contributed by atoms with Gasteiger partial charge in [-0.05, 0) is 24.7 Å². The third kappa shape index (κ3) is 1.48. The second kappa shape index (κ2) is 3.44. The predicted molar refractivity (Wildman–Crippen MR) is 59.6 cm³/mol. The van der Waals surface area contributed by atoms with Crippen LogP contribution in [-0.2, 0) is 0 Å². The van der Waals surface area contributed by atoms with E-state index in [0.29, 0.717) is 5.92 Å². The van der Waals surface area contributed by atoms with E-state index in [1.807, 2.05) is 26.8 Å². The second-order valence-corrected chi connectivity index (χ2v) is 5.13. The minimum Gasteiger partial charge on any atom is -0.377 e. The molecule has 1 saturated carbocycles. The first-order valence-corrected chi connectivity index (χ1v) is 5.20. The highest BCUT2D eigenvalue weighted by atomic mass is 16.3. The maximum atomic E-state index is 10.4. The van der Waals surface area contributed by atoms with Crippen molar-refractivity contribution in [3.8, 4) is 12.3 Å². The fraction of sp³-hybridized carbons (Fsp3) is 0.692. The Labute approximate surface area is 87.2 Å². The van der Waals surface area contributed by atoms with Crippen molar-refractivity contribution >= 4 is 0 Å². The molecule has 0 bridgehead atoms. The Morgan fingerprint density at radius 1 is 1.57 bits per heavy atom. The molecule has 1 fully saturated rings. The van der Waals surface area contributed by atoms with Gasteiger partial charge in [-0.15, -0.1) is 13.0 Å². The first-order chi connectivity index (χ1) is 6.37. The van der Waals surface area contributed by atoms with Gasteiger partial charge < -0.3 is 5.11 Å². The average molecular weight is 192 g/mol. The maximum absolute atomic E-state index is 10.4. The van der Waals surface area contributed by atoms with Crippen LogP contribution < -0.4 is 0 Å². The highest BCUT2D eigenvalue weighted by molar-refractivity contribution is 5.19. The number of allylic oxidation sites excluding steroid dienone is 1. The summed E-state index contributed by atoms with van der Waals surface area (Å²) in [6.07, 6.45) is 9.30. The minimum atomic E-state index is -0.966. The summed E-state index contributed by atoms with van der Waals surface area (Å²) < 4.78 is 0. The van der Waals surface area contributed by atoms with Crippen LogP contribution in [0.5, 0.6) is 0 Å². The van der Waals surface area contributed by atoms with Crippen LogP contribution in [-0.4, -0.2) is 10.7 Å². The topological polar surface area (TPSA) is 20.2 Å². The molecule has 0 aromatic heterocycles. The summed E-state index contributed by atoms with van der Waals surface area (Å²) in [6, 6.07) is 0. The number of hydrogen-bond acceptors (Lipinski definition) is 1. The van der Waals surface area contributed by atoms with Gasteiger partial charge in [0.2, 0.25) is 0 Å². The van der Waals surface area contributed by atoms with Crippen LogP contribution in [0.25, 0.3) is 0 Å². The molecule has 0 saturated heterocycles. The van der Waals surface area contributed by atoms with Crippen molar-refractivity contribution in [1.82, 2.24) is 0 Å². The lowest BCUT2D eigenvalue weighted by atomic mass is 9.58. The average Bonchev–Trinajstić information content (AvgIpc) is 2.12. The molecule has 1 nitrogen and oxygen atoms in total. The standard InChI is InChI=1S/C13H20O/c1-6-11-8-10(3)13(14,7-2)12(4,5)9-11/h2,6,10-11,14H,1,8-9H2,3-5H3. The molecule has 0 aliphatic heterocycles. The van der Waals surface area contributed by atoms with E-state index in [1.165, 1.54) is 0 Å². The summed E-state index contributed by atoms with van der Waals surface area (Å²) in [6.45, 7) is 9.93. The quantitative estimate of drug-likeness (QED) is 0.500. The van der Waals surface area contributed by atoms with Crippen molar-refractivity contribution in [2.45, 2.75) is 39.2 Å². The van der Waals surface area contributed by atoms with Crippen molar-refractivity contribution in [2.24, 2.45) is 17.3 Å². The molecule has 0 aromatic rings. The molecule has 1 rings (SSSR count). The molecule has 1 aliphatic carbocycles. The van der Waals surface area contributed by atoms with Crippen LogP contribution in [0.1, 0.15) is 33.6 Å². The molecule has 0 amide bonds. The molecular formula is C13H20O. The zero-order valence-corrected chi connectivity index (χ0v) is 9.38. The summed E-state index contributed by atoms with van der Waals surface area (Å²) in [5.74, 6) is 3.20. The van der Waals surface area contributed by atoms with Gasteiger partial charge in [-0.2, -0.15) is 0 Å². The fourth-order valence-electron chi connectivity index (χ4n) is 2.70. The summed E-state index contributed by atoms with van der Waals surface area (Å²) >= 11 is 0.